The first-order valence-corrected chi connectivity index (χ1v) is 13.6. The van der Waals surface area contributed by atoms with Gasteiger partial charge in [-0.05, 0) is 31.2 Å². The molecule has 244 valence electrons. The van der Waals surface area contributed by atoms with Crippen molar-refractivity contribution in [1.82, 2.24) is 0 Å². The normalized spacial score (nSPS) is 31.8. The van der Waals surface area contributed by atoms with Gasteiger partial charge in [0.1, 0.15) is 53.0 Å². The van der Waals surface area contributed by atoms with Crippen LogP contribution in [0.4, 0.5) is 0 Å². The molecule has 2 fully saturated rings. The van der Waals surface area contributed by atoms with Gasteiger partial charge >= 0.3 is 5.97 Å². The Morgan fingerprint density at radius 2 is 1.53 bits per heavy atom. The van der Waals surface area contributed by atoms with Crippen molar-refractivity contribution >= 4 is 16.9 Å². The van der Waals surface area contributed by atoms with Crippen molar-refractivity contribution in [2.75, 3.05) is 14.2 Å². The van der Waals surface area contributed by atoms with E-state index in [-0.39, 0.29) is 22.5 Å². The molecule has 1 aromatic heterocycles. The number of carbonyl (C=O) groups is 1. The molecule has 45 heavy (non-hydrogen) atoms. The lowest BCUT2D eigenvalue weighted by Gasteiger charge is -2.45. The molecule has 2 aliphatic heterocycles. The average Bonchev–Trinajstić information content (AvgIpc) is 3.01. The van der Waals surface area contributed by atoms with Crippen LogP contribution in [0.15, 0.2) is 45.6 Å². The molecule has 2 saturated heterocycles. The highest BCUT2D eigenvalue weighted by molar-refractivity contribution is 5.89. The number of aromatic hydroxyl groups is 1. The molecule has 0 spiro atoms. The number of phenolic OH excluding ortho intramolecular Hbond substituents is 1. The number of aliphatic hydroxyl groups is 5. The third-order valence-electron chi connectivity index (χ3n) is 7.62. The minimum absolute atomic E-state index is 0.114. The van der Waals surface area contributed by atoms with Crippen LogP contribution in [0.5, 0.6) is 23.0 Å². The third-order valence-corrected chi connectivity index (χ3v) is 7.62. The Morgan fingerprint density at radius 1 is 0.844 bits per heavy atom. The van der Waals surface area contributed by atoms with E-state index in [9.17, 15) is 45.3 Å². The Morgan fingerprint density at radius 3 is 2.16 bits per heavy atom. The van der Waals surface area contributed by atoms with Crippen molar-refractivity contribution < 1.29 is 73.4 Å². The Labute approximate surface area is 254 Å². The topological polar surface area (TPSA) is 244 Å². The molecule has 5 rings (SSSR count). The molecule has 3 aromatic rings. The van der Waals surface area contributed by atoms with E-state index in [1.807, 2.05) is 0 Å². The second kappa shape index (κ2) is 12.8. The number of fused-ring (bicyclic) bond motifs is 1. The van der Waals surface area contributed by atoms with Crippen LogP contribution >= 0.6 is 0 Å². The number of carboxylic acid groups (broad SMARTS) is 1. The number of phenols is 1. The number of methoxy groups -OCH3 is 2. The Bertz CT molecular complexity index is 1590. The van der Waals surface area contributed by atoms with Crippen LogP contribution in [0.2, 0.25) is 0 Å². The fourth-order valence-corrected chi connectivity index (χ4v) is 5.13. The molecule has 0 radical (unpaired) electrons. The lowest BCUT2D eigenvalue weighted by atomic mass is 9.97. The monoisotopic (exact) mass is 636 g/mol. The fourth-order valence-electron chi connectivity index (χ4n) is 5.13. The Kier molecular flexibility index (Phi) is 9.20. The summed E-state index contributed by atoms with van der Waals surface area (Å²) < 4.78 is 38.7. The fraction of sp³-hybridized carbons (Fsp3) is 0.448. The molecular formula is C29H32O16. The van der Waals surface area contributed by atoms with Crippen molar-refractivity contribution in [3.8, 4) is 34.3 Å². The molecule has 0 aliphatic carbocycles. The molecule has 16 heteroatoms. The van der Waals surface area contributed by atoms with Crippen LogP contribution in [0, 0.1) is 0 Å². The van der Waals surface area contributed by atoms with Crippen LogP contribution in [-0.4, -0.2) is 117 Å². The van der Waals surface area contributed by atoms with Crippen molar-refractivity contribution in [2.45, 2.75) is 68.3 Å². The van der Waals surface area contributed by atoms with Crippen molar-refractivity contribution in [3.05, 3.63) is 46.6 Å². The molecule has 16 nitrogen and oxygen atoms in total. The zero-order chi connectivity index (χ0) is 32.7. The Hall–Kier alpha value is -4.00. The molecule has 10 atom stereocenters. The van der Waals surface area contributed by atoms with Gasteiger partial charge in [-0.25, -0.2) is 4.79 Å². The zero-order valence-corrected chi connectivity index (χ0v) is 24.0. The van der Waals surface area contributed by atoms with Crippen molar-refractivity contribution in [2.24, 2.45) is 0 Å². The SMILES string of the molecule is COc1ccc(-c2cc(=O)c3c(O)c(OC)c(OC4OC(C(=O)O)C(O)C(O)C4OC4OC(C)C(O)C(O)C4O)cc3o2)cc1. The summed E-state index contributed by atoms with van der Waals surface area (Å²) in [6, 6.07) is 8.88. The average molecular weight is 637 g/mol. The summed E-state index contributed by atoms with van der Waals surface area (Å²) in [4.78, 5) is 24.9. The molecule has 2 aliphatic rings. The van der Waals surface area contributed by atoms with E-state index in [0.717, 1.165) is 19.2 Å². The molecule has 3 heterocycles. The molecule has 7 N–H and O–H groups in total. The smallest absolute Gasteiger partial charge is 0.335 e. The number of ether oxygens (including phenoxy) is 6. The minimum Gasteiger partial charge on any atom is -0.504 e. The first-order chi connectivity index (χ1) is 21.4. The van der Waals surface area contributed by atoms with Crippen LogP contribution in [-0.2, 0) is 19.0 Å². The summed E-state index contributed by atoms with van der Waals surface area (Å²) >= 11 is 0. The number of hydrogen-bond acceptors (Lipinski definition) is 15. The highest BCUT2D eigenvalue weighted by atomic mass is 16.8. The van der Waals surface area contributed by atoms with Gasteiger partial charge in [-0.15, -0.1) is 0 Å². The van der Waals surface area contributed by atoms with E-state index in [0.29, 0.717) is 11.3 Å². The van der Waals surface area contributed by atoms with Crippen molar-refractivity contribution in [1.29, 1.82) is 0 Å². The van der Waals surface area contributed by atoms with E-state index in [1.165, 1.54) is 14.0 Å². The lowest BCUT2D eigenvalue weighted by Crippen LogP contribution is -2.65. The first kappa shape index (κ1) is 32.4. The van der Waals surface area contributed by atoms with E-state index in [1.54, 1.807) is 24.3 Å². The van der Waals surface area contributed by atoms with E-state index in [4.69, 9.17) is 32.8 Å². The Balaban J connectivity index is 1.55. The molecule has 0 bridgehead atoms. The number of rotatable bonds is 8. The maximum absolute atomic E-state index is 13.1. The minimum atomic E-state index is -2.06. The van der Waals surface area contributed by atoms with Crippen LogP contribution in [0.3, 0.4) is 0 Å². The van der Waals surface area contributed by atoms with Crippen LogP contribution < -0.4 is 19.6 Å². The van der Waals surface area contributed by atoms with Crippen LogP contribution in [0.25, 0.3) is 22.3 Å². The number of hydrogen-bond donors (Lipinski definition) is 7. The molecule has 10 unspecified atom stereocenters. The number of aliphatic carboxylic acids is 1. The standard InChI is InChI=1S/C29H32O16/c1-10-18(31)20(33)23(36)28(41-10)45-26-22(35)21(34)25(27(37)38)44-29(26)43-16-9-15-17(19(32)24(16)40-3)13(30)8-14(42-15)11-4-6-12(39-2)7-5-11/h4-10,18,20-23,25-26,28-29,31-36H,1-3H3,(H,37,38). The first-order valence-electron chi connectivity index (χ1n) is 13.6. The van der Waals surface area contributed by atoms with E-state index < -0.39 is 84.3 Å². The van der Waals surface area contributed by atoms with Gasteiger partial charge in [0.15, 0.2) is 35.4 Å². The van der Waals surface area contributed by atoms with E-state index in [2.05, 4.69) is 0 Å². The van der Waals surface area contributed by atoms with Crippen LogP contribution in [0.1, 0.15) is 6.92 Å². The number of aliphatic hydroxyl groups excluding tert-OH is 5. The summed E-state index contributed by atoms with van der Waals surface area (Å²) in [6.07, 6.45) is -17.6. The quantitative estimate of drug-likeness (QED) is 0.162. The second-order valence-corrected chi connectivity index (χ2v) is 10.5. The maximum Gasteiger partial charge on any atom is 0.335 e. The molecule has 0 saturated carbocycles. The van der Waals surface area contributed by atoms with Gasteiger partial charge in [0, 0.05) is 17.7 Å². The van der Waals surface area contributed by atoms with Gasteiger partial charge in [-0.2, -0.15) is 0 Å². The maximum atomic E-state index is 13.1. The summed E-state index contributed by atoms with van der Waals surface area (Å²) in [7, 11) is 2.64. The van der Waals surface area contributed by atoms with Gasteiger partial charge in [0.2, 0.25) is 12.0 Å². The molecule has 0 amide bonds. The predicted molar refractivity (Wildman–Crippen MR) is 149 cm³/mol. The summed E-state index contributed by atoms with van der Waals surface area (Å²) in [5.41, 5.74) is -0.324. The number of carboxylic acids is 1. The largest absolute Gasteiger partial charge is 0.504 e. The van der Waals surface area contributed by atoms with Crippen molar-refractivity contribution in [3.63, 3.8) is 0 Å². The highest BCUT2D eigenvalue weighted by Crippen LogP contribution is 2.44. The van der Waals surface area contributed by atoms with Gasteiger partial charge < -0.3 is 68.6 Å². The molecule has 2 aromatic carbocycles. The summed E-state index contributed by atoms with van der Waals surface area (Å²) in [5, 5.41) is 72.4. The zero-order valence-electron chi connectivity index (χ0n) is 24.0. The predicted octanol–water partition coefficient (Wildman–Crippen LogP) is -0.694. The highest BCUT2D eigenvalue weighted by Gasteiger charge is 2.53. The van der Waals surface area contributed by atoms with Gasteiger partial charge in [0.25, 0.3) is 0 Å². The summed E-state index contributed by atoms with van der Waals surface area (Å²) in [5.74, 6) is -2.45. The second-order valence-electron chi connectivity index (χ2n) is 10.5. The number of benzene rings is 2. The lowest BCUT2D eigenvalue weighted by molar-refractivity contribution is -0.351. The van der Waals surface area contributed by atoms with E-state index >= 15 is 0 Å². The summed E-state index contributed by atoms with van der Waals surface area (Å²) in [6.45, 7) is 1.38. The van der Waals surface area contributed by atoms with Gasteiger partial charge in [0.05, 0.1) is 20.3 Å². The molecular weight excluding hydrogens is 604 g/mol. The van der Waals surface area contributed by atoms with Gasteiger partial charge in [-0.3, -0.25) is 4.79 Å². The third kappa shape index (κ3) is 6.01. The van der Waals surface area contributed by atoms with Gasteiger partial charge in [-0.1, -0.05) is 0 Å².